The van der Waals surface area contributed by atoms with Crippen molar-refractivity contribution in [3.63, 3.8) is 0 Å². The second-order valence-electron chi connectivity index (χ2n) is 5.92. The van der Waals surface area contributed by atoms with Crippen molar-refractivity contribution in [2.45, 2.75) is 13.8 Å². The summed E-state index contributed by atoms with van der Waals surface area (Å²) >= 11 is 0. The van der Waals surface area contributed by atoms with E-state index in [1.165, 1.54) is 24.6 Å². The van der Waals surface area contributed by atoms with Gasteiger partial charge >= 0.3 is 0 Å². The third kappa shape index (κ3) is 2.73. The van der Waals surface area contributed by atoms with Crippen LogP contribution in [-0.4, -0.2) is 16.1 Å². The Labute approximate surface area is 147 Å². The Bertz CT molecular complexity index is 1120. The van der Waals surface area contributed by atoms with Crippen molar-refractivity contribution < 1.29 is 18.0 Å². The highest BCUT2D eigenvalue weighted by molar-refractivity contribution is 6.07. The van der Waals surface area contributed by atoms with E-state index in [4.69, 9.17) is 8.83 Å². The van der Waals surface area contributed by atoms with Crippen molar-refractivity contribution in [2.75, 3.05) is 5.32 Å². The van der Waals surface area contributed by atoms with E-state index in [0.29, 0.717) is 33.7 Å². The lowest BCUT2D eigenvalue weighted by molar-refractivity contribution is 0.0998. The molecule has 1 amide bonds. The Morgan fingerprint density at radius 2 is 2.00 bits per heavy atom. The molecule has 4 aromatic rings. The minimum absolute atomic E-state index is 0.146. The van der Waals surface area contributed by atoms with Gasteiger partial charge in [0.15, 0.2) is 5.76 Å². The number of hydrogen-bond acceptors (Lipinski definition) is 5. The highest BCUT2D eigenvalue weighted by atomic mass is 19.1. The zero-order chi connectivity index (χ0) is 18.3. The van der Waals surface area contributed by atoms with Crippen molar-refractivity contribution in [3.8, 4) is 11.5 Å². The summed E-state index contributed by atoms with van der Waals surface area (Å²) in [6, 6.07) is 9.58. The second-order valence-corrected chi connectivity index (χ2v) is 5.92. The molecule has 1 N–H and O–H groups in total. The molecule has 7 heteroatoms. The van der Waals surface area contributed by atoms with Gasteiger partial charge in [-0.2, -0.15) is 0 Å². The number of anilines is 1. The number of amides is 1. The Morgan fingerprint density at radius 1 is 1.15 bits per heavy atom. The third-order valence-corrected chi connectivity index (χ3v) is 4.20. The third-order valence-electron chi connectivity index (χ3n) is 4.20. The first-order valence-corrected chi connectivity index (χ1v) is 7.90. The van der Waals surface area contributed by atoms with Crippen LogP contribution in [0.4, 0.5) is 10.1 Å². The van der Waals surface area contributed by atoms with Crippen molar-refractivity contribution in [1.29, 1.82) is 0 Å². The van der Waals surface area contributed by atoms with E-state index in [1.807, 2.05) is 19.1 Å². The molecule has 4 rings (SSSR count). The molecule has 0 unspecified atom stereocenters. The summed E-state index contributed by atoms with van der Waals surface area (Å²) in [6.45, 7) is 3.59. The average Bonchev–Trinajstić information content (AvgIpc) is 3.26. The molecule has 130 valence electrons. The number of carbonyl (C=O) groups excluding carboxylic acids is 1. The van der Waals surface area contributed by atoms with Crippen molar-refractivity contribution in [3.05, 3.63) is 65.5 Å². The topological polar surface area (TPSA) is 81.2 Å². The molecule has 0 atom stereocenters. The van der Waals surface area contributed by atoms with Gasteiger partial charge in [0.2, 0.25) is 12.3 Å². The molecule has 0 fully saturated rings. The average molecular weight is 351 g/mol. The molecule has 0 aliphatic heterocycles. The zero-order valence-corrected chi connectivity index (χ0v) is 14.0. The minimum Gasteiger partial charge on any atom is -0.451 e. The normalized spacial score (nSPS) is 11.0. The summed E-state index contributed by atoms with van der Waals surface area (Å²) in [4.78, 5) is 12.7. The minimum atomic E-state index is -0.412. The van der Waals surface area contributed by atoms with Crippen LogP contribution in [0.1, 0.15) is 21.7 Å². The summed E-state index contributed by atoms with van der Waals surface area (Å²) in [5, 5.41) is 10.9. The summed E-state index contributed by atoms with van der Waals surface area (Å²) in [5.41, 5.74) is 3.19. The Balaban J connectivity index is 1.68. The number of benzene rings is 2. The van der Waals surface area contributed by atoms with Crippen LogP contribution in [0.2, 0.25) is 0 Å². The molecule has 0 aliphatic carbocycles. The molecule has 2 aromatic carbocycles. The van der Waals surface area contributed by atoms with Gasteiger partial charge in [0.1, 0.15) is 11.4 Å². The number of nitrogens with one attached hydrogen (secondary N) is 1. The fourth-order valence-corrected chi connectivity index (χ4v) is 2.78. The van der Waals surface area contributed by atoms with E-state index in [-0.39, 0.29) is 11.6 Å². The molecule has 2 aromatic heterocycles. The first-order valence-electron chi connectivity index (χ1n) is 7.90. The smallest absolute Gasteiger partial charge is 0.291 e. The Kier molecular flexibility index (Phi) is 3.76. The summed E-state index contributed by atoms with van der Waals surface area (Å²) in [7, 11) is 0. The fourth-order valence-electron chi connectivity index (χ4n) is 2.78. The monoisotopic (exact) mass is 351 g/mol. The molecule has 2 heterocycles. The van der Waals surface area contributed by atoms with Crippen LogP contribution < -0.4 is 5.32 Å². The summed E-state index contributed by atoms with van der Waals surface area (Å²) in [5.74, 6) is -0.287. The molecule has 26 heavy (non-hydrogen) atoms. The number of rotatable bonds is 3. The van der Waals surface area contributed by atoms with E-state index in [9.17, 15) is 9.18 Å². The second kappa shape index (κ2) is 6.11. The van der Waals surface area contributed by atoms with Gasteiger partial charge in [-0.05, 0) is 49.7 Å². The van der Waals surface area contributed by atoms with Gasteiger partial charge in [-0.3, -0.25) is 4.79 Å². The van der Waals surface area contributed by atoms with E-state index in [1.54, 1.807) is 13.0 Å². The number of hydrogen-bond donors (Lipinski definition) is 1. The first kappa shape index (κ1) is 16.0. The van der Waals surface area contributed by atoms with Crippen molar-refractivity contribution >= 4 is 22.6 Å². The number of halogens is 1. The van der Waals surface area contributed by atoms with Crippen LogP contribution in [0.15, 0.2) is 51.6 Å². The van der Waals surface area contributed by atoms with Gasteiger partial charge in [-0.1, -0.05) is 6.07 Å². The molecule has 0 spiro atoms. The standard InChI is InChI=1S/C19H14FN3O3/c1-10-3-4-12(19-23-21-9-25-19)7-15(10)22-18(24)17-11(2)14-8-13(20)5-6-16(14)26-17/h3-9H,1-2H3,(H,22,24). The van der Waals surface area contributed by atoms with Crippen LogP contribution in [-0.2, 0) is 0 Å². The number of fused-ring (bicyclic) bond motifs is 1. The van der Waals surface area contributed by atoms with E-state index < -0.39 is 5.91 Å². The van der Waals surface area contributed by atoms with Gasteiger partial charge < -0.3 is 14.2 Å². The van der Waals surface area contributed by atoms with Crippen LogP contribution >= 0.6 is 0 Å². The maximum atomic E-state index is 13.4. The molecule has 0 saturated heterocycles. The van der Waals surface area contributed by atoms with Crippen molar-refractivity contribution in [2.24, 2.45) is 0 Å². The van der Waals surface area contributed by atoms with Crippen molar-refractivity contribution in [1.82, 2.24) is 10.2 Å². The van der Waals surface area contributed by atoms with Crippen LogP contribution in [0.3, 0.4) is 0 Å². The van der Waals surface area contributed by atoms with Crippen LogP contribution in [0.25, 0.3) is 22.4 Å². The number of carbonyl (C=O) groups is 1. The summed E-state index contributed by atoms with van der Waals surface area (Å²) in [6.07, 6.45) is 1.24. The zero-order valence-electron chi connectivity index (χ0n) is 14.0. The van der Waals surface area contributed by atoms with Gasteiger partial charge in [-0.15, -0.1) is 10.2 Å². The Hall–Kier alpha value is -3.48. The number of aryl methyl sites for hydroxylation is 2. The maximum Gasteiger partial charge on any atom is 0.291 e. The largest absolute Gasteiger partial charge is 0.451 e. The lowest BCUT2D eigenvalue weighted by atomic mass is 10.1. The highest BCUT2D eigenvalue weighted by Gasteiger charge is 2.19. The molecule has 0 bridgehead atoms. The quantitative estimate of drug-likeness (QED) is 0.588. The lowest BCUT2D eigenvalue weighted by Crippen LogP contribution is -2.13. The lowest BCUT2D eigenvalue weighted by Gasteiger charge is -2.08. The predicted octanol–water partition coefficient (Wildman–Crippen LogP) is 4.49. The van der Waals surface area contributed by atoms with E-state index in [2.05, 4.69) is 15.5 Å². The van der Waals surface area contributed by atoms with Crippen LogP contribution in [0, 0.1) is 19.7 Å². The summed E-state index contributed by atoms with van der Waals surface area (Å²) < 4.78 is 24.2. The molecular formula is C19H14FN3O3. The molecular weight excluding hydrogens is 337 g/mol. The first-order chi connectivity index (χ1) is 12.5. The van der Waals surface area contributed by atoms with Gasteiger partial charge in [0.25, 0.3) is 5.91 Å². The van der Waals surface area contributed by atoms with Gasteiger partial charge in [0, 0.05) is 22.2 Å². The molecule has 6 nitrogen and oxygen atoms in total. The highest BCUT2D eigenvalue weighted by Crippen LogP contribution is 2.28. The number of aromatic nitrogens is 2. The number of furan rings is 1. The molecule has 0 saturated carbocycles. The number of nitrogens with zero attached hydrogens (tertiary/aromatic N) is 2. The SMILES string of the molecule is Cc1ccc(-c2nnco2)cc1NC(=O)c1oc2ccc(F)cc2c1C. The van der Waals surface area contributed by atoms with E-state index >= 15 is 0 Å². The van der Waals surface area contributed by atoms with Gasteiger partial charge in [-0.25, -0.2) is 4.39 Å². The maximum absolute atomic E-state index is 13.4. The molecule has 0 aliphatic rings. The van der Waals surface area contributed by atoms with Crippen LogP contribution in [0.5, 0.6) is 0 Å². The molecule has 0 radical (unpaired) electrons. The fraction of sp³-hybridized carbons (Fsp3) is 0.105. The Morgan fingerprint density at radius 3 is 2.77 bits per heavy atom. The van der Waals surface area contributed by atoms with E-state index in [0.717, 1.165) is 5.56 Å². The predicted molar refractivity (Wildman–Crippen MR) is 93.3 cm³/mol. The van der Waals surface area contributed by atoms with Gasteiger partial charge in [0.05, 0.1) is 0 Å².